The lowest BCUT2D eigenvalue weighted by Crippen LogP contribution is -2.30. The third kappa shape index (κ3) is 4.81. The number of nitriles is 1. The van der Waals surface area contributed by atoms with Crippen molar-refractivity contribution in [1.82, 2.24) is 0 Å². The maximum absolute atomic E-state index is 13.5. The van der Waals surface area contributed by atoms with Gasteiger partial charge in [0.25, 0.3) is 5.91 Å². The highest BCUT2D eigenvalue weighted by molar-refractivity contribution is 8.00. The number of carbonyl (C=O) groups excluding carboxylic acids is 2. The van der Waals surface area contributed by atoms with Crippen LogP contribution in [0.4, 0.5) is 9.39 Å². The van der Waals surface area contributed by atoms with Crippen LogP contribution in [-0.2, 0) is 14.3 Å². The van der Waals surface area contributed by atoms with Crippen molar-refractivity contribution in [3.63, 3.8) is 0 Å². The molecule has 124 valence electrons. The molecule has 0 radical (unpaired) electrons. The van der Waals surface area contributed by atoms with Gasteiger partial charge in [-0.05, 0) is 30.5 Å². The van der Waals surface area contributed by atoms with E-state index in [1.54, 1.807) is 29.6 Å². The lowest BCUT2D eigenvalue weighted by molar-refractivity contribution is -0.150. The van der Waals surface area contributed by atoms with Crippen molar-refractivity contribution in [2.75, 3.05) is 11.1 Å². The Labute approximate surface area is 146 Å². The number of hydrogen-bond acceptors (Lipinski definition) is 6. The van der Waals surface area contributed by atoms with Crippen LogP contribution in [0.2, 0.25) is 0 Å². The highest BCUT2D eigenvalue weighted by atomic mass is 32.2. The first-order chi connectivity index (χ1) is 11.5. The lowest BCUT2D eigenvalue weighted by atomic mass is 10.3. The van der Waals surface area contributed by atoms with E-state index in [9.17, 15) is 14.0 Å². The average molecular weight is 364 g/mol. The molecule has 1 N–H and O–H groups in total. The molecule has 8 heteroatoms. The van der Waals surface area contributed by atoms with Gasteiger partial charge in [-0.15, -0.1) is 23.1 Å². The van der Waals surface area contributed by atoms with E-state index in [2.05, 4.69) is 5.32 Å². The summed E-state index contributed by atoms with van der Waals surface area (Å²) in [5.41, 5.74) is 0.349. The third-order valence-electron chi connectivity index (χ3n) is 2.88. The fraction of sp³-hybridized carbons (Fsp3) is 0.188. The van der Waals surface area contributed by atoms with Gasteiger partial charge >= 0.3 is 5.97 Å². The predicted molar refractivity (Wildman–Crippen MR) is 90.3 cm³/mol. The smallest absolute Gasteiger partial charge is 0.317 e. The molecule has 0 aliphatic heterocycles. The van der Waals surface area contributed by atoms with Crippen molar-refractivity contribution >= 4 is 40.0 Å². The van der Waals surface area contributed by atoms with Gasteiger partial charge < -0.3 is 10.1 Å². The molecule has 5 nitrogen and oxygen atoms in total. The van der Waals surface area contributed by atoms with E-state index in [4.69, 9.17) is 10.00 Å². The van der Waals surface area contributed by atoms with Crippen LogP contribution >= 0.6 is 23.1 Å². The zero-order chi connectivity index (χ0) is 17.5. The normalized spacial score (nSPS) is 11.4. The lowest BCUT2D eigenvalue weighted by Gasteiger charge is -2.13. The van der Waals surface area contributed by atoms with Crippen molar-refractivity contribution in [1.29, 1.82) is 5.26 Å². The van der Waals surface area contributed by atoms with Gasteiger partial charge in [-0.25, -0.2) is 4.39 Å². The van der Waals surface area contributed by atoms with E-state index in [0.29, 0.717) is 15.5 Å². The monoisotopic (exact) mass is 364 g/mol. The Kier molecular flexibility index (Phi) is 6.35. The van der Waals surface area contributed by atoms with E-state index >= 15 is 0 Å². The minimum Gasteiger partial charge on any atom is -0.452 e. The standard InChI is InChI=1S/C16H13FN2O3S2/c1-10(15(21)19-16-11(8-18)6-7-23-16)22-14(20)9-24-13-5-3-2-4-12(13)17/h2-7,10H,9H2,1H3,(H,19,21)/t10-/m0/s1. The Hall–Kier alpha value is -2.37. The summed E-state index contributed by atoms with van der Waals surface area (Å²) >= 11 is 2.21. The first kappa shape index (κ1) is 18.0. The summed E-state index contributed by atoms with van der Waals surface area (Å²) in [4.78, 5) is 24.1. The molecule has 0 aliphatic rings. The summed E-state index contributed by atoms with van der Waals surface area (Å²) in [7, 11) is 0. The fourth-order valence-corrected chi connectivity index (χ4v) is 3.15. The number of amides is 1. The van der Waals surface area contributed by atoms with Gasteiger partial charge in [-0.3, -0.25) is 9.59 Å². The van der Waals surface area contributed by atoms with Crippen molar-refractivity contribution in [3.8, 4) is 6.07 Å². The molecular formula is C16H13FN2O3S2. The molecule has 24 heavy (non-hydrogen) atoms. The number of rotatable bonds is 6. The molecule has 0 unspecified atom stereocenters. The number of hydrogen-bond donors (Lipinski definition) is 1. The number of thioether (sulfide) groups is 1. The van der Waals surface area contributed by atoms with Crippen LogP contribution in [0.25, 0.3) is 0 Å². The minimum atomic E-state index is -1.02. The molecule has 2 aromatic rings. The van der Waals surface area contributed by atoms with Crippen LogP contribution in [-0.4, -0.2) is 23.7 Å². The second-order valence-corrected chi connectivity index (χ2v) is 6.55. The predicted octanol–water partition coefficient (Wildman–Crippen LogP) is 3.42. The first-order valence-electron chi connectivity index (χ1n) is 6.86. The van der Waals surface area contributed by atoms with Crippen molar-refractivity contribution < 1.29 is 18.7 Å². The SMILES string of the molecule is C[C@H](OC(=O)CSc1ccccc1F)C(=O)Nc1sccc1C#N. The average Bonchev–Trinajstić information content (AvgIpc) is 3.01. The summed E-state index contributed by atoms with van der Waals surface area (Å²) in [5.74, 6) is -1.68. The van der Waals surface area contributed by atoms with Gasteiger partial charge in [-0.1, -0.05) is 12.1 Å². The van der Waals surface area contributed by atoms with E-state index in [1.807, 2.05) is 6.07 Å². The van der Waals surface area contributed by atoms with Crippen LogP contribution in [0.1, 0.15) is 12.5 Å². The Balaban J connectivity index is 1.84. The van der Waals surface area contributed by atoms with E-state index in [1.165, 1.54) is 24.3 Å². The number of carbonyl (C=O) groups is 2. The highest BCUT2D eigenvalue weighted by Gasteiger charge is 2.19. The molecule has 0 saturated carbocycles. The number of benzene rings is 1. The molecule has 1 atom stereocenters. The van der Waals surface area contributed by atoms with Gasteiger partial charge in [0.2, 0.25) is 0 Å². The fourth-order valence-electron chi connectivity index (χ4n) is 1.69. The molecule has 1 heterocycles. The Morgan fingerprint density at radius 1 is 1.42 bits per heavy atom. The minimum absolute atomic E-state index is 0.110. The topological polar surface area (TPSA) is 79.2 Å². The second-order valence-electron chi connectivity index (χ2n) is 4.62. The van der Waals surface area contributed by atoms with Gasteiger partial charge in [0.1, 0.15) is 16.9 Å². The van der Waals surface area contributed by atoms with Crippen LogP contribution in [0.5, 0.6) is 0 Å². The summed E-state index contributed by atoms with van der Waals surface area (Å²) in [5, 5.41) is 13.5. The second kappa shape index (κ2) is 8.47. The maximum Gasteiger partial charge on any atom is 0.317 e. The molecular weight excluding hydrogens is 351 g/mol. The number of nitrogens with one attached hydrogen (secondary N) is 1. The molecule has 0 saturated heterocycles. The van der Waals surface area contributed by atoms with Crippen molar-refractivity contribution in [3.05, 3.63) is 47.1 Å². The Morgan fingerprint density at radius 2 is 2.17 bits per heavy atom. The largest absolute Gasteiger partial charge is 0.452 e. The van der Waals surface area contributed by atoms with Gasteiger partial charge in [0.05, 0.1) is 11.3 Å². The van der Waals surface area contributed by atoms with Gasteiger partial charge in [0.15, 0.2) is 6.10 Å². The molecule has 1 amide bonds. The summed E-state index contributed by atoms with van der Waals surface area (Å²) in [6.45, 7) is 1.43. The molecule has 0 bridgehead atoms. The summed E-state index contributed by atoms with van der Waals surface area (Å²) in [6.07, 6.45) is -1.02. The zero-order valence-electron chi connectivity index (χ0n) is 12.6. The van der Waals surface area contributed by atoms with E-state index in [-0.39, 0.29) is 5.75 Å². The number of thiophene rings is 1. The Morgan fingerprint density at radius 3 is 2.88 bits per heavy atom. The molecule has 2 rings (SSSR count). The zero-order valence-corrected chi connectivity index (χ0v) is 14.2. The van der Waals surface area contributed by atoms with E-state index < -0.39 is 23.8 Å². The number of halogens is 1. The van der Waals surface area contributed by atoms with E-state index in [0.717, 1.165) is 11.8 Å². The summed E-state index contributed by atoms with van der Waals surface area (Å²) in [6, 6.07) is 9.63. The third-order valence-corrected chi connectivity index (χ3v) is 4.73. The van der Waals surface area contributed by atoms with Crippen LogP contribution in [0.3, 0.4) is 0 Å². The quantitative estimate of drug-likeness (QED) is 0.628. The number of ether oxygens (including phenoxy) is 1. The van der Waals surface area contributed by atoms with Crippen LogP contribution in [0.15, 0.2) is 40.6 Å². The number of nitrogens with zero attached hydrogens (tertiary/aromatic N) is 1. The van der Waals surface area contributed by atoms with Gasteiger partial charge in [-0.2, -0.15) is 5.26 Å². The number of esters is 1. The molecule has 1 aromatic carbocycles. The number of anilines is 1. The Bertz CT molecular complexity index is 786. The molecule has 0 aliphatic carbocycles. The summed E-state index contributed by atoms with van der Waals surface area (Å²) < 4.78 is 18.5. The van der Waals surface area contributed by atoms with Gasteiger partial charge in [0, 0.05) is 4.90 Å². The maximum atomic E-state index is 13.5. The van der Waals surface area contributed by atoms with Crippen molar-refractivity contribution in [2.24, 2.45) is 0 Å². The highest BCUT2D eigenvalue weighted by Crippen LogP contribution is 2.23. The molecule has 0 spiro atoms. The van der Waals surface area contributed by atoms with Crippen LogP contribution < -0.4 is 5.32 Å². The van der Waals surface area contributed by atoms with Crippen LogP contribution in [0, 0.1) is 17.1 Å². The molecule has 1 aromatic heterocycles. The van der Waals surface area contributed by atoms with Crippen molar-refractivity contribution in [2.45, 2.75) is 17.9 Å². The molecule has 0 fully saturated rings. The first-order valence-corrected chi connectivity index (χ1v) is 8.73.